The molecule has 1 heterocycles. The van der Waals surface area contributed by atoms with Gasteiger partial charge in [-0.15, -0.1) is 0 Å². The molecule has 0 aliphatic carbocycles. The number of halogens is 3. The number of carbonyl (C=O) groups excluding carboxylic acids is 1. The summed E-state index contributed by atoms with van der Waals surface area (Å²) < 4.78 is 19.6. The van der Waals surface area contributed by atoms with Crippen LogP contribution in [-0.2, 0) is 0 Å². The minimum absolute atomic E-state index is 0.340. The zero-order valence-electron chi connectivity index (χ0n) is 13.7. The van der Waals surface area contributed by atoms with Gasteiger partial charge in [0, 0.05) is 15.7 Å². The zero-order valence-corrected chi connectivity index (χ0v) is 16.0. The highest BCUT2D eigenvalue weighted by Crippen LogP contribution is 2.33. The monoisotopic (exact) mass is 444 g/mol. The van der Waals surface area contributed by atoms with Crippen molar-refractivity contribution in [1.29, 1.82) is 0 Å². The largest absolute Gasteiger partial charge is 0.436 e. The Balaban J connectivity index is 1.64. The van der Waals surface area contributed by atoms with E-state index in [-0.39, 0.29) is 5.91 Å². The Morgan fingerprint density at radius 2 is 1.85 bits per heavy atom. The van der Waals surface area contributed by atoms with Gasteiger partial charge >= 0.3 is 0 Å². The molecule has 27 heavy (non-hydrogen) atoms. The summed E-state index contributed by atoms with van der Waals surface area (Å²) in [5.41, 5.74) is 2.73. The van der Waals surface area contributed by atoms with E-state index in [1.54, 1.807) is 24.3 Å². The van der Waals surface area contributed by atoms with Crippen LogP contribution < -0.4 is 5.32 Å². The first kappa shape index (κ1) is 17.7. The molecule has 1 amide bonds. The Kier molecular flexibility index (Phi) is 4.68. The third-order valence-corrected chi connectivity index (χ3v) is 4.73. The molecular formula is C20H11BrClFN2O2. The van der Waals surface area contributed by atoms with Crippen LogP contribution in [0.25, 0.3) is 22.6 Å². The lowest BCUT2D eigenvalue weighted by atomic mass is 10.2. The lowest BCUT2D eigenvalue weighted by Gasteiger charge is -2.04. The zero-order chi connectivity index (χ0) is 19.0. The highest BCUT2D eigenvalue weighted by Gasteiger charge is 2.13. The Morgan fingerprint density at radius 3 is 2.63 bits per heavy atom. The number of oxazole rings is 1. The molecule has 0 radical (unpaired) electrons. The van der Waals surface area contributed by atoms with E-state index in [2.05, 4.69) is 26.2 Å². The van der Waals surface area contributed by atoms with Crippen LogP contribution in [0.4, 0.5) is 10.1 Å². The average Bonchev–Trinajstić information content (AvgIpc) is 3.07. The molecule has 4 rings (SSSR count). The van der Waals surface area contributed by atoms with E-state index in [0.717, 1.165) is 4.47 Å². The Morgan fingerprint density at radius 1 is 1.07 bits per heavy atom. The van der Waals surface area contributed by atoms with Gasteiger partial charge in [0.15, 0.2) is 5.58 Å². The van der Waals surface area contributed by atoms with E-state index in [4.69, 9.17) is 16.0 Å². The number of anilines is 1. The maximum Gasteiger partial charge on any atom is 0.255 e. The molecule has 7 heteroatoms. The van der Waals surface area contributed by atoms with Crippen molar-refractivity contribution in [2.75, 3.05) is 5.32 Å². The highest BCUT2D eigenvalue weighted by molar-refractivity contribution is 9.10. The van der Waals surface area contributed by atoms with Crippen molar-refractivity contribution in [3.63, 3.8) is 0 Å². The normalized spacial score (nSPS) is 10.9. The number of aromatic nitrogens is 1. The molecule has 0 unspecified atom stereocenters. The summed E-state index contributed by atoms with van der Waals surface area (Å²) in [6, 6.07) is 15.9. The number of carbonyl (C=O) groups is 1. The van der Waals surface area contributed by atoms with Crippen molar-refractivity contribution in [2.24, 2.45) is 0 Å². The van der Waals surface area contributed by atoms with Gasteiger partial charge in [0.2, 0.25) is 5.89 Å². The van der Waals surface area contributed by atoms with E-state index in [0.29, 0.717) is 38.8 Å². The number of fused-ring (bicyclic) bond motifs is 1. The van der Waals surface area contributed by atoms with Gasteiger partial charge in [-0.25, -0.2) is 9.37 Å². The number of nitrogens with zero attached hydrogens (tertiary/aromatic N) is 1. The van der Waals surface area contributed by atoms with Crippen LogP contribution in [0, 0.1) is 5.82 Å². The summed E-state index contributed by atoms with van der Waals surface area (Å²) in [5, 5.41) is 3.29. The van der Waals surface area contributed by atoms with Crippen LogP contribution in [-0.4, -0.2) is 10.9 Å². The smallest absolute Gasteiger partial charge is 0.255 e. The second-order valence-electron chi connectivity index (χ2n) is 5.79. The SMILES string of the molecule is O=C(Nc1ccc2oc(-c3cc(Br)ccc3Cl)nc2c1)c1ccc(F)cc1. The van der Waals surface area contributed by atoms with Crippen molar-refractivity contribution in [3.05, 3.63) is 81.5 Å². The standard InChI is InChI=1S/C20H11BrClFN2O2/c21-12-3-7-16(22)15(9-12)20-25-17-10-14(6-8-18(17)27-20)24-19(26)11-1-4-13(23)5-2-11/h1-10H,(H,24,26). The third-order valence-electron chi connectivity index (χ3n) is 3.91. The van der Waals surface area contributed by atoms with Gasteiger partial charge in [-0.1, -0.05) is 27.5 Å². The fourth-order valence-corrected chi connectivity index (χ4v) is 3.15. The van der Waals surface area contributed by atoms with E-state index in [9.17, 15) is 9.18 Å². The Labute approximate surface area is 167 Å². The van der Waals surface area contributed by atoms with Gasteiger partial charge in [0.1, 0.15) is 11.3 Å². The van der Waals surface area contributed by atoms with E-state index < -0.39 is 5.82 Å². The van der Waals surface area contributed by atoms with Crippen LogP contribution in [0.5, 0.6) is 0 Å². The fraction of sp³-hybridized carbons (Fsp3) is 0. The van der Waals surface area contributed by atoms with Gasteiger partial charge in [-0.3, -0.25) is 4.79 Å². The first-order chi connectivity index (χ1) is 13.0. The lowest BCUT2D eigenvalue weighted by Crippen LogP contribution is -2.11. The highest BCUT2D eigenvalue weighted by atomic mass is 79.9. The summed E-state index contributed by atoms with van der Waals surface area (Å²) in [4.78, 5) is 16.7. The van der Waals surface area contributed by atoms with E-state index in [1.807, 2.05) is 12.1 Å². The number of benzene rings is 3. The van der Waals surface area contributed by atoms with Gasteiger partial charge in [-0.05, 0) is 60.7 Å². The number of rotatable bonds is 3. The first-order valence-corrected chi connectivity index (χ1v) is 9.09. The second kappa shape index (κ2) is 7.13. The molecule has 0 spiro atoms. The van der Waals surface area contributed by atoms with Gasteiger partial charge in [0.05, 0.1) is 10.6 Å². The number of nitrogens with one attached hydrogen (secondary N) is 1. The number of amides is 1. The minimum Gasteiger partial charge on any atom is -0.436 e. The summed E-state index contributed by atoms with van der Waals surface area (Å²) in [5.74, 6) is -0.347. The molecule has 0 fully saturated rings. The molecular weight excluding hydrogens is 435 g/mol. The summed E-state index contributed by atoms with van der Waals surface area (Å²) >= 11 is 9.64. The average molecular weight is 446 g/mol. The second-order valence-corrected chi connectivity index (χ2v) is 7.11. The third kappa shape index (κ3) is 3.72. The lowest BCUT2D eigenvalue weighted by molar-refractivity contribution is 0.102. The van der Waals surface area contributed by atoms with Crippen molar-refractivity contribution in [2.45, 2.75) is 0 Å². The molecule has 4 nitrogen and oxygen atoms in total. The predicted octanol–water partition coefficient (Wildman–Crippen LogP) is 6.30. The minimum atomic E-state index is -0.394. The molecule has 0 bridgehead atoms. The van der Waals surface area contributed by atoms with Gasteiger partial charge < -0.3 is 9.73 Å². The number of hydrogen-bond acceptors (Lipinski definition) is 3. The molecule has 134 valence electrons. The van der Waals surface area contributed by atoms with Crippen LogP contribution in [0.1, 0.15) is 10.4 Å². The molecule has 0 aliphatic rings. The molecule has 4 aromatic rings. The molecule has 0 saturated carbocycles. The Hall–Kier alpha value is -2.70. The van der Waals surface area contributed by atoms with Gasteiger partial charge in [-0.2, -0.15) is 0 Å². The summed E-state index contributed by atoms with van der Waals surface area (Å²) in [6.07, 6.45) is 0. The van der Waals surface area contributed by atoms with Gasteiger partial charge in [0.25, 0.3) is 5.91 Å². The number of hydrogen-bond donors (Lipinski definition) is 1. The van der Waals surface area contributed by atoms with Crippen LogP contribution in [0.3, 0.4) is 0 Å². The summed E-state index contributed by atoms with van der Waals surface area (Å²) in [6.45, 7) is 0. The summed E-state index contributed by atoms with van der Waals surface area (Å²) in [7, 11) is 0. The van der Waals surface area contributed by atoms with E-state index >= 15 is 0 Å². The maximum atomic E-state index is 13.0. The van der Waals surface area contributed by atoms with Crippen molar-refractivity contribution < 1.29 is 13.6 Å². The van der Waals surface area contributed by atoms with Crippen LogP contribution in [0.15, 0.2) is 69.6 Å². The molecule has 1 aromatic heterocycles. The van der Waals surface area contributed by atoms with Crippen LogP contribution in [0.2, 0.25) is 5.02 Å². The maximum absolute atomic E-state index is 13.0. The predicted molar refractivity (Wildman–Crippen MR) is 107 cm³/mol. The molecule has 1 N–H and O–H groups in total. The van der Waals surface area contributed by atoms with Crippen molar-refractivity contribution in [3.8, 4) is 11.5 Å². The van der Waals surface area contributed by atoms with Crippen molar-refractivity contribution >= 4 is 50.2 Å². The van der Waals surface area contributed by atoms with Crippen molar-refractivity contribution in [1.82, 2.24) is 4.98 Å². The first-order valence-electron chi connectivity index (χ1n) is 7.92. The quantitative estimate of drug-likeness (QED) is 0.402. The molecule has 3 aromatic carbocycles. The Bertz CT molecular complexity index is 1160. The molecule has 0 atom stereocenters. The molecule has 0 aliphatic heterocycles. The molecule has 0 saturated heterocycles. The fourth-order valence-electron chi connectivity index (χ4n) is 2.59. The topological polar surface area (TPSA) is 55.1 Å². The van der Waals surface area contributed by atoms with E-state index in [1.165, 1.54) is 24.3 Å². The van der Waals surface area contributed by atoms with Crippen LogP contribution >= 0.6 is 27.5 Å².